The summed E-state index contributed by atoms with van der Waals surface area (Å²) in [5, 5.41) is 3.47. The first-order valence-corrected chi connectivity index (χ1v) is 8.07. The number of aryl methyl sites for hydroxylation is 1. The van der Waals surface area contributed by atoms with Crippen molar-refractivity contribution in [2.45, 2.75) is 25.9 Å². The quantitative estimate of drug-likeness (QED) is 0.909. The van der Waals surface area contributed by atoms with Crippen molar-refractivity contribution in [1.29, 1.82) is 0 Å². The molecule has 0 spiro atoms. The Morgan fingerprint density at radius 1 is 1.24 bits per heavy atom. The average molecular weight is 289 g/mol. The van der Waals surface area contributed by atoms with Gasteiger partial charge in [-0.3, -0.25) is 9.80 Å². The van der Waals surface area contributed by atoms with E-state index in [1.165, 1.54) is 43.7 Å². The van der Waals surface area contributed by atoms with Gasteiger partial charge in [-0.15, -0.1) is 0 Å². The Hall–Kier alpha value is -1.10. The minimum Gasteiger partial charge on any atom is -0.496 e. The standard InChI is InChI=1S/C17H27N3O/c1-14-3-4-17(21-2)15(11-14)13-19-7-9-20(10-8-19)16-5-6-18-12-16/h3-4,11,16,18H,5-10,12-13H2,1-2H3. The molecule has 4 heteroatoms. The summed E-state index contributed by atoms with van der Waals surface area (Å²) in [5.41, 5.74) is 2.62. The maximum atomic E-state index is 5.50. The van der Waals surface area contributed by atoms with Crippen molar-refractivity contribution in [3.8, 4) is 5.75 Å². The number of rotatable bonds is 4. The van der Waals surface area contributed by atoms with Crippen molar-refractivity contribution in [2.24, 2.45) is 0 Å². The first kappa shape index (κ1) is 14.8. The van der Waals surface area contributed by atoms with Gasteiger partial charge in [-0.1, -0.05) is 17.7 Å². The topological polar surface area (TPSA) is 27.7 Å². The van der Waals surface area contributed by atoms with Crippen LogP contribution in [0.4, 0.5) is 0 Å². The van der Waals surface area contributed by atoms with Crippen molar-refractivity contribution in [1.82, 2.24) is 15.1 Å². The SMILES string of the molecule is COc1ccc(C)cc1CN1CCN(C2CCNC2)CC1. The first-order chi connectivity index (χ1) is 10.3. The highest BCUT2D eigenvalue weighted by molar-refractivity contribution is 5.36. The molecule has 2 fully saturated rings. The van der Waals surface area contributed by atoms with Gasteiger partial charge in [0, 0.05) is 50.9 Å². The molecule has 1 unspecified atom stereocenters. The predicted molar refractivity (Wildman–Crippen MR) is 85.9 cm³/mol. The molecule has 1 atom stereocenters. The normalized spacial score (nSPS) is 24.4. The van der Waals surface area contributed by atoms with Gasteiger partial charge in [0.15, 0.2) is 0 Å². The second kappa shape index (κ2) is 6.77. The zero-order chi connectivity index (χ0) is 14.7. The molecular formula is C17H27N3O. The lowest BCUT2D eigenvalue weighted by molar-refractivity contribution is 0.0976. The Morgan fingerprint density at radius 3 is 2.71 bits per heavy atom. The Kier molecular flexibility index (Phi) is 4.78. The van der Waals surface area contributed by atoms with Gasteiger partial charge in [-0.2, -0.15) is 0 Å². The molecule has 2 aliphatic heterocycles. The summed E-state index contributed by atoms with van der Waals surface area (Å²) in [6.07, 6.45) is 1.31. The van der Waals surface area contributed by atoms with Crippen LogP contribution >= 0.6 is 0 Å². The van der Waals surface area contributed by atoms with E-state index in [-0.39, 0.29) is 0 Å². The average Bonchev–Trinajstić information content (AvgIpc) is 3.03. The lowest BCUT2D eigenvalue weighted by Crippen LogP contribution is -2.50. The molecular weight excluding hydrogens is 262 g/mol. The molecule has 0 radical (unpaired) electrons. The highest BCUT2D eigenvalue weighted by Crippen LogP contribution is 2.22. The minimum absolute atomic E-state index is 0.764. The number of ether oxygens (including phenoxy) is 1. The van der Waals surface area contributed by atoms with Crippen LogP contribution in [0.2, 0.25) is 0 Å². The van der Waals surface area contributed by atoms with Gasteiger partial charge in [0.25, 0.3) is 0 Å². The summed E-state index contributed by atoms with van der Waals surface area (Å²) in [7, 11) is 1.76. The van der Waals surface area contributed by atoms with E-state index in [0.717, 1.165) is 31.4 Å². The molecule has 3 rings (SSSR count). The van der Waals surface area contributed by atoms with Gasteiger partial charge < -0.3 is 10.1 Å². The molecule has 0 aromatic heterocycles. The number of nitrogens with zero attached hydrogens (tertiary/aromatic N) is 2. The smallest absolute Gasteiger partial charge is 0.123 e. The van der Waals surface area contributed by atoms with Crippen LogP contribution in [0, 0.1) is 6.92 Å². The molecule has 4 nitrogen and oxygen atoms in total. The molecule has 0 bridgehead atoms. The molecule has 116 valence electrons. The van der Waals surface area contributed by atoms with Crippen molar-refractivity contribution < 1.29 is 4.74 Å². The Morgan fingerprint density at radius 2 is 2.05 bits per heavy atom. The van der Waals surface area contributed by atoms with Gasteiger partial charge in [-0.25, -0.2) is 0 Å². The monoisotopic (exact) mass is 289 g/mol. The second-order valence-electron chi connectivity index (χ2n) is 6.27. The Bertz CT molecular complexity index is 463. The first-order valence-electron chi connectivity index (χ1n) is 8.07. The zero-order valence-electron chi connectivity index (χ0n) is 13.3. The van der Waals surface area contributed by atoms with E-state index in [9.17, 15) is 0 Å². The van der Waals surface area contributed by atoms with Crippen LogP contribution in [-0.4, -0.2) is 62.2 Å². The number of nitrogens with one attached hydrogen (secondary N) is 1. The fourth-order valence-electron chi connectivity index (χ4n) is 3.51. The molecule has 2 aliphatic rings. The zero-order valence-corrected chi connectivity index (χ0v) is 13.3. The lowest BCUT2D eigenvalue weighted by Gasteiger charge is -2.38. The van der Waals surface area contributed by atoms with E-state index in [0.29, 0.717) is 0 Å². The molecule has 0 aliphatic carbocycles. The lowest BCUT2D eigenvalue weighted by atomic mass is 10.1. The summed E-state index contributed by atoms with van der Waals surface area (Å²) in [6, 6.07) is 7.23. The predicted octanol–water partition coefficient (Wildman–Crippen LogP) is 1.48. The largest absolute Gasteiger partial charge is 0.496 e. The summed E-state index contributed by atoms with van der Waals surface area (Å²) >= 11 is 0. The number of piperazine rings is 1. The Labute approximate surface area is 128 Å². The van der Waals surface area contributed by atoms with Gasteiger partial charge >= 0.3 is 0 Å². The molecule has 0 saturated carbocycles. The fourth-order valence-corrected chi connectivity index (χ4v) is 3.51. The van der Waals surface area contributed by atoms with Crippen molar-refractivity contribution in [2.75, 3.05) is 46.4 Å². The van der Waals surface area contributed by atoms with Crippen molar-refractivity contribution in [3.63, 3.8) is 0 Å². The van der Waals surface area contributed by atoms with Crippen molar-refractivity contribution in [3.05, 3.63) is 29.3 Å². The molecule has 1 N–H and O–H groups in total. The van der Waals surface area contributed by atoms with E-state index >= 15 is 0 Å². The number of hydrogen-bond acceptors (Lipinski definition) is 4. The molecule has 1 aromatic carbocycles. The summed E-state index contributed by atoms with van der Waals surface area (Å²) < 4.78 is 5.50. The molecule has 2 saturated heterocycles. The van der Waals surface area contributed by atoms with E-state index in [1.54, 1.807) is 7.11 Å². The second-order valence-corrected chi connectivity index (χ2v) is 6.27. The summed E-state index contributed by atoms with van der Waals surface area (Å²) in [6.45, 7) is 10.2. The molecule has 1 aromatic rings. The van der Waals surface area contributed by atoms with E-state index in [4.69, 9.17) is 4.74 Å². The summed E-state index contributed by atoms with van der Waals surface area (Å²) in [4.78, 5) is 5.21. The summed E-state index contributed by atoms with van der Waals surface area (Å²) in [5.74, 6) is 1.02. The third-order valence-electron chi connectivity index (χ3n) is 4.79. The third-order valence-corrected chi connectivity index (χ3v) is 4.79. The molecule has 0 amide bonds. The number of benzene rings is 1. The van der Waals surface area contributed by atoms with Crippen LogP contribution < -0.4 is 10.1 Å². The van der Waals surface area contributed by atoms with E-state index in [2.05, 4.69) is 40.2 Å². The number of hydrogen-bond donors (Lipinski definition) is 1. The van der Waals surface area contributed by atoms with Gasteiger partial charge in [0.1, 0.15) is 5.75 Å². The van der Waals surface area contributed by atoms with Crippen LogP contribution in [-0.2, 0) is 6.54 Å². The van der Waals surface area contributed by atoms with Crippen LogP contribution in [0.15, 0.2) is 18.2 Å². The third kappa shape index (κ3) is 3.57. The Balaban J connectivity index is 1.56. The molecule has 21 heavy (non-hydrogen) atoms. The highest BCUT2D eigenvalue weighted by Gasteiger charge is 2.26. The van der Waals surface area contributed by atoms with Gasteiger partial charge in [-0.05, 0) is 26.0 Å². The number of methoxy groups -OCH3 is 1. The maximum Gasteiger partial charge on any atom is 0.123 e. The van der Waals surface area contributed by atoms with Crippen LogP contribution in [0.25, 0.3) is 0 Å². The maximum absolute atomic E-state index is 5.50. The van der Waals surface area contributed by atoms with Crippen LogP contribution in [0.5, 0.6) is 5.75 Å². The minimum atomic E-state index is 0.764. The van der Waals surface area contributed by atoms with Gasteiger partial charge in [0.2, 0.25) is 0 Å². The van der Waals surface area contributed by atoms with Gasteiger partial charge in [0.05, 0.1) is 7.11 Å². The van der Waals surface area contributed by atoms with E-state index < -0.39 is 0 Å². The fraction of sp³-hybridized carbons (Fsp3) is 0.647. The van der Waals surface area contributed by atoms with Crippen LogP contribution in [0.3, 0.4) is 0 Å². The van der Waals surface area contributed by atoms with E-state index in [1.807, 2.05) is 0 Å². The van der Waals surface area contributed by atoms with Crippen molar-refractivity contribution >= 4 is 0 Å². The van der Waals surface area contributed by atoms with Crippen LogP contribution in [0.1, 0.15) is 17.5 Å². The highest BCUT2D eigenvalue weighted by atomic mass is 16.5. The molecule has 2 heterocycles.